The van der Waals surface area contributed by atoms with Crippen LogP contribution in [0.15, 0.2) is 121 Å². The van der Waals surface area contributed by atoms with Gasteiger partial charge in [-0.3, -0.25) is 0 Å². The third-order valence-electron chi connectivity index (χ3n) is 4.64. The maximum absolute atomic E-state index is 3.41. The third-order valence-corrected chi connectivity index (χ3v) is 7.45. The number of hydrogen-bond donors (Lipinski definition) is 0. The molecule has 126 valence electrons. The number of rotatable bonds is 6. The lowest BCUT2D eigenvalue weighted by molar-refractivity contribution is 0.932. The molecule has 0 radical (unpaired) electrons. The Hall–Kier alpha value is -2.65. The van der Waals surface area contributed by atoms with Crippen LogP contribution in [0.5, 0.6) is 0 Å². The molecule has 0 saturated carbocycles. The molecule has 0 spiro atoms. The minimum absolute atomic E-state index is 0.426. The molecule has 0 bridgehead atoms. The van der Waals surface area contributed by atoms with Crippen LogP contribution < -0.4 is 10.6 Å². The first-order valence-corrected chi connectivity index (χ1v) is 10.4. The maximum Gasteiger partial charge on any atom is 0.0168 e. The summed E-state index contributed by atoms with van der Waals surface area (Å²) in [4.78, 5) is 0. The molecule has 0 unspecified atom stereocenters. The van der Waals surface area contributed by atoms with E-state index >= 15 is 0 Å². The van der Waals surface area contributed by atoms with E-state index in [1.165, 1.54) is 21.7 Å². The lowest BCUT2D eigenvalue weighted by atomic mass is 10.1. The van der Waals surface area contributed by atoms with Gasteiger partial charge in [-0.2, -0.15) is 0 Å². The van der Waals surface area contributed by atoms with Crippen LogP contribution in [0.25, 0.3) is 0 Å². The molecule has 3 aromatic carbocycles. The van der Waals surface area contributed by atoms with Gasteiger partial charge in [0.1, 0.15) is 0 Å². The summed E-state index contributed by atoms with van der Waals surface area (Å²) in [5, 5.41) is 2.85. The zero-order valence-electron chi connectivity index (χ0n) is 14.6. The largest absolute Gasteiger partial charge is 0.117 e. The molecule has 0 aromatic heterocycles. The molecule has 4 rings (SSSR count). The predicted molar refractivity (Wildman–Crippen MR) is 114 cm³/mol. The van der Waals surface area contributed by atoms with Crippen molar-refractivity contribution in [3.05, 3.63) is 126 Å². The van der Waals surface area contributed by atoms with Gasteiger partial charge in [0.15, 0.2) is 0 Å². The molecule has 1 aliphatic rings. The Labute approximate surface area is 157 Å². The van der Waals surface area contributed by atoms with Gasteiger partial charge in [0.2, 0.25) is 0 Å². The van der Waals surface area contributed by atoms with Crippen LogP contribution in [0.3, 0.4) is 0 Å². The van der Waals surface area contributed by atoms with E-state index in [9.17, 15) is 0 Å². The molecule has 3 aromatic rings. The summed E-state index contributed by atoms with van der Waals surface area (Å²) >= 11 is 0. The third kappa shape index (κ3) is 3.78. The van der Waals surface area contributed by atoms with Crippen molar-refractivity contribution in [3.63, 3.8) is 0 Å². The second kappa shape index (κ2) is 8.15. The molecule has 0 saturated heterocycles. The summed E-state index contributed by atoms with van der Waals surface area (Å²) in [6.45, 7) is 0. The standard InChI is InChI=1S/C25H21P/c1-4-14-22(15-5-1)25(20-21-12-10-11-13-21)26(23-16-6-2-7-17-23)24-18-8-3-9-19-24/h1-12,14-19,25H,20H2/t25-/m0/s1. The highest BCUT2D eigenvalue weighted by molar-refractivity contribution is 7.73. The Kier molecular flexibility index (Phi) is 5.27. The van der Waals surface area contributed by atoms with Crippen molar-refractivity contribution in [1.29, 1.82) is 0 Å². The first-order chi connectivity index (χ1) is 12.9. The van der Waals surface area contributed by atoms with Crippen LogP contribution in [0.1, 0.15) is 17.6 Å². The highest BCUT2D eigenvalue weighted by atomic mass is 31.1. The first-order valence-electron chi connectivity index (χ1n) is 8.98. The van der Waals surface area contributed by atoms with Crippen LogP contribution in [0.2, 0.25) is 0 Å². The van der Waals surface area contributed by atoms with Gasteiger partial charge in [0.25, 0.3) is 0 Å². The lowest BCUT2D eigenvalue weighted by Gasteiger charge is -2.29. The molecule has 1 atom stereocenters. The molecule has 1 heteroatoms. The Morgan fingerprint density at radius 2 is 1.23 bits per heavy atom. The molecular formula is C25H21P. The fraction of sp³-hybridized carbons (Fsp3) is 0.0800. The van der Waals surface area contributed by atoms with E-state index in [1.54, 1.807) is 0 Å². The van der Waals surface area contributed by atoms with Crippen molar-refractivity contribution in [3.8, 4) is 0 Å². The van der Waals surface area contributed by atoms with Gasteiger partial charge in [0, 0.05) is 5.66 Å². The lowest BCUT2D eigenvalue weighted by Crippen LogP contribution is -2.17. The van der Waals surface area contributed by atoms with E-state index in [-0.39, 0.29) is 0 Å². The van der Waals surface area contributed by atoms with E-state index in [2.05, 4.69) is 109 Å². The maximum atomic E-state index is 3.41. The predicted octanol–water partition coefficient (Wildman–Crippen LogP) is 5.90. The molecule has 26 heavy (non-hydrogen) atoms. The zero-order valence-corrected chi connectivity index (χ0v) is 15.5. The molecule has 0 fully saturated rings. The topological polar surface area (TPSA) is 0 Å². The van der Waals surface area contributed by atoms with Gasteiger partial charge < -0.3 is 0 Å². The van der Waals surface area contributed by atoms with E-state index in [0.29, 0.717) is 5.66 Å². The summed E-state index contributed by atoms with van der Waals surface area (Å²) in [5.41, 5.74) is 6.52. The minimum Gasteiger partial charge on any atom is -0.117 e. The molecule has 0 aliphatic heterocycles. The second-order valence-corrected chi connectivity index (χ2v) is 8.76. The monoisotopic (exact) mass is 352 g/mol. The quantitative estimate of drug-likeness (QED) is 0.383. The van der Waals surface area contributed by atoms with Crippen LogP contribution >= 0.6 is 7.92 Å². The van der Waals surface area contributed by atoms with Crippen molar-refractivity contribution in [2.24, 2.45) is 0 Å². The molecule has 0 amide bonds. The molecule has 0 heterocycles. The van der Waals surface area contributed by atoms with Crippen molar-refractivity contribution in [2.75, 3.05) is 0 Å². The Morgan fingerprint density at radius 3 is 1.73 bits per heavy atom. The average Bonchev–Trinajstić information content (AvgIpc) is 3.23. The fourth-order valence-electron chi connectivity index (χ4n) is 3.42. The molecule has 1 aliphatic carbocycles. The van der Waals surface area contributed by atoms with Gasteiger partial charge in [-0.15, -0.1) is 5.73 Å². The van der Waals surface area contributed by atoms with Crippen molar-refractivity contribution in [2.45, 2.75) is 12.1 Å². The second-order valence-electron chi connectivity index (χ2n) is 6.37. The summed E-state index contributed by atoms with van der Waals surface area (Å²) in [5.74, 6) is 0. The van der Waals surface area contributed by atoms with E-state index < -0.39 is 7.92 Å². The number of benzene rings is 3. The van der Waals surface area contributed by atoms with Crippen LogP contribution in [0.4, 0.5) is 0 Å². The molecular weight excluding hydrogens is 331 g/mol. The van der Waals surface area contributed by atoms with Crippen molar-refractivity contribution in [1.82, 2.24) is 0 Å². The van der Waals surface area contributed by atoms with Gasteiger partial charge in [-0.05, 0) is 42.2 Å². The van der Waals surface area contributed by atoms with E-state index in [0.717, 1.165) is 6.42 Å². The van der Waals surface area contributed by atoms with Crippen LogP contribution in [-0.2, 0) is 0 Å². The number of allylic oxidation sites excluding steroid dienone is 3. The SMILES string of the molecule is C1=CC=CC=1C[C@@H](c1ccccc1)P(c1ccccc1)c1ccccc1. The Bertz CT molecular complexity index is 894. The van der Waals surface area contributed by atoms with Crippen LogP contribution in [-0.4, -0.2) is 0 Å². The summed E-state index contributed by atoms with van der Waals surface area (Å²) < 4.78 is 0. The van der Waals surface area contributed by atoms with E-state index in [1.807, 2.05) is 6.08 Å². The fourth-order valence-corrected chi connectivity index (χ4v) is 6.28. The Balaban J connectivity index is 1.83. The molecule has 0 N–H and O–H groups in total. The smallest absolute Gasteiger partial charge is 0.0168 e. The highest BCUT2D eigenvalue weighted by Crippen LogP contribution is 2.52. The number of hydrogen-bond acceptors (Lipinski definition) is 0. The first kappa shape index (κ1) is 16.8. The van der Waals surface area contributed by atoms with E-state index in [4.69, 9.17) is 0 Å². The normalized spacial score (nSPS) is 13.8. The summed E-state index contributed by atoms with van der Waals surface area (Å²) in [7, 11) is -0.515. The molecule has 0 nitrogen and oxygen atoms in total. The average molecular weight is 352 g/mol. The van der Waals surface area contributed by atoms with Crippen molar-refractivity contribution < 1.29 is 0 Å². The summed E-state index contributed by atoms with van der Waals surface area (Å²) in [6.07, 6.45) is 7.31. The van der Waals surface area contributed by atoms with Gasteiger partial charge in [0.05, 0.1) is 0 Å². The summed E-state index contributed by atoms with van der Waals surface area (Å²) in [6, 6.07) is 32.9. The van der Waals surface area contributed by atoms with Crippen LogP contribution in [0, 0.1) is 0 Å². The van der Waals surface area contributed by atoms with Gasteiger partial charge in [-0.25, -0.2) is 0 Å². The van der Waals surface area contributed by atoms with Crippen molar-refractivity contribution >= 4 is 18.5 Å². The van der Waals surface area contributed by atoms with Gasteiger partial charge in [-0.1, -0.05) is 103 Å². The van der Waals surface area contributed by atoms with Gasteiger partial charge >= 0.3 is 0 Å². The zero-order chi connectivity index (χ0) is 17.6. The Morgan fingerprint density at radius 1 is 0.692 bits per heavy atom. The minimum atomic E-state index is -0.515. The highest BCUT2D eigenvalue weighted by Gasteiger charge is 2.26.